The van der Waals surface area contributed by atoms with Crippen molar-refractivity contribution in [3.63, 3.8) is 0 Å². The van der Waals surface area contributed by atoms with Crippen molar-refractivity contribution < 1.29 is 19.1 Å². The number of ether oxygens (including phenoxy) is 2. The molecule has 0 saturated carbocycles. The van der Waals surface area contributed by atoms with E-state index in [1.54, 1.807) is 0 Å². The van der Waals surface area contributed by atoms with Crippen LogP contribution in [-0.2, 0) is 19.1 Å². The summed E-state index contributed by atoms with van der Waals surface area (Å²) in [6.07, 6.45) is 1.22. The molecule has 0 heterocycles. The molecule has 64 valence electrons. The van der Waals surface area contributed by atoms with Gasteiger partial charge in [-0.3, -0.25) is 4.79 Å². The molecule has 0 aliphatic heterocycles. The van der Waals surface area contributed by atoms with E-state index >= 15 is 0 Å². The highest BCUT2D eigenvalue weighted by molar-refractivity contribution is 5.69. The van der Waals surface area contributed by atoms with Crippen LogP contribution in [0, 0.1) is 0 Å². The number of hydrogen-bond donors (Lipinski definition) is 0. The molecule has 0 aliphatic carbocycles. The van der Waals surface area contributed by atoms with Gasteiger partial charge in [-0.05, 0) is 0 Å². The molecule has 4 heteroatoms. The Kier molecular flexibility index (Phi) is 6.62. The van der Waals surface area contributed by atoms with Crippen LogP contribution in [-0.4, -0.2) is 32.6 Å². The summed E-state index contributed by atoms with van der Waals surface area (Å²) in [6.45, 7) is 0.534. The van der Waals surface area contributed by atoms with Crippen LogP contribution in [0.3, 0.4) is 0 Å². The zero-order valence-corrected chi connectivity index (χ0v) is 6.54. The first-order valence-corrected chi connectivity index (χ1v) is 3.39. The minimum Gasteiger partial charge on any atom is -0.465 e. The molecule has 0 rings (SSSR count). The Hall–Kier alpha value is -0.900. The van der Waals surface area contributed by atoms with Crippen molar-refractivity contribution >= 4 is 12.3 Å². The van der Waals surface area contributed by atoms with E-state index in [4.69, 9.17) is 0 Å². The SMILES string of the molecule is COCCC(=O)OCCC=O. The van der Waals surface area contributed by atoms with Gasteiger partial charge in [-0.1, -0.05) is 0 Å². The minimum absolute atomic E-state index is 0.173. The minimum atomic E-state index is -0.325. The van der Waals surface area contributed by atoms with Crippen LogP contribution in [0.2, 0.25) is 0 Å². The van der Waals surface area contributed by atoms with Crippen LogP contribution in [0.4, 0.5) is 0 Å². The molecule has 0 N–H and O–H groups in total. The molecular weight excluding hydrogens is 148 g/mol. The second kappa shape index (κ2) is 7.21. The van der Waals surface area contributed by atoms with Gasteiger partial charge in [0.25, 0.3) is 0 Å². The Morgan fingerprint density at radius 3 is 2.73 bits per heavy atom. The summed E-state index contributed by atoms with van der Waals surface area (Å²) < 4.78 is 9.28. The molecular formula is C7H12O4. The van der Waals surface area contributed by atoms with E-state index in [0.717, 1.165) is 0 Å². The third kappa shape index (κ3) is 6.99. The van der Waals surface area contributed by atoms with Crippen molar-refractivity contribution in [1.82, 2.24) is 0 Å². The molecule has 0 saturated heterocycles. The average Bonchev–Trinajstić information content (AvgIpc) is 2.01. The van der Waals surface area contributed by atoms with Crippen molar-refractivity contribution in [2.24, 2.45) is 0 Å². The molecule has 0 aromatic heterocycles. The summed E-state index contributed by atoms with van der Waals surface area (Å²) >= 11 is 0. The van der Waals surface area contributed by atoms with Gasteiger partial charge in [0, 0.05) is 13.5 Å². The predicted octanol–water partition coefficient (Wildman–Crippen LogP) is 0.155. The molecule has 0 amide bonds. The Morgan fingerprint density at radius 2 is 2.18 bits per heavy atom. The number of aldehydes is 1. The number of carbonyl (C=O) groups is 2. The second-order valence-corrected chi connectivity index (χ2v) is 1.92. The van der Waals surface area contributed by atoms with Crippen LogP contribution >= 0.6 is 0 Å². The molecule has 11 heavy (non-hydrogen) atoms. The smallest absolute Gasteiger partial charge is 0.308 e. The summed E-state index contributed by atoms with van der Waals surface area (Å²) in [5.74, 6) is -0.325. The fraction of sp³-hybridized carbons (Fsp3) is 0.714. The van der Waals surface area contributed by atoms with Gasteiger partial charge in [0.05, 0.1) is 19.6 Å². The van der Waals surface area contributed by atoms with Gasteiger partial charge in [0.1, 0.15) is 6.29 Å². The summed E-state index contributed by atoms with van der Waals surface area (Å²) in [4.78, 5) is 20.4. The topological polar surface area (TPSA) is 52.6 Å². The maximum Gasteiger partial charge on any atom is 0.308 e. The van der Waals surface area contributed by atoms with Gasteiger partial charge >= 0.3 is 5.97 Å². The maximum atomic E-state index is 10.7. The molecule has 0 aliphatic rings. The molecule has 0 radical (unpaired) electrons. The van der Waals surface area contributed by atoms with Crippen LogP contribution in [0.5, 0.6) is 0 Å². The quantitative estimate of drug-likeness (QED) is 0.315. The van der Waals surface area contributed by atoms with Gasteiger partial charge in [-0.15, -0.1) is 0 Å². The lowest BCUT2D eigenvalue weighted by Crippen LogP contribution is -2.08. The van der Waals surface area contributed by atoms with Crippen molar-refractivity contribution in [2.75, 3.05) is 20.3 Å². The van der Waals surface area contributed by atoms with E-state index < -0.39 is 0 Å². The molecule has 0 aromatic rings. The molecule has 0 unspecified atom stereocenters. The summed E-state index contributed by atoms with van der Waals surface area (Å²) in [6, 6.07) is 0. The number of esters is 1. The summed E-state index contributed by atoms with van der Waals surface area (Å²) in [5, 5.41) is 0. The van der Waals surface area contributed by atoms with Gasteiger partial charge in [0.15, 0.2) is 0 Å². The van der Waals surface area contributed by atoms with Crippen LogP contribution in [0.25, 0.3) is 0 Å². The van der Waals surface area contributed by atoms with Crippen molar-refractivity contribution in [3.05, 3.63) is 0 Å². The lowest BCUT2D eigenvalue weighted by Gasteiger charge is -2.00. The number of hydrogen-bond acceptors (Lipinski definition) is 4. The number of methoxy groups -OCH3 is 1. The first-order valence-electron chi connectivity index (χ1n) is 3.39. The lowest BCUT2D eigenvalue weighted by molar-refractivity contribution is -0.144. The number of rotatable bonds is 6. The fourth-order valence-corrected chi connectivity index (χ4v) is 0.478. The third-order valence-electron chi connectivity index (χ3n) is 1.01. The largest absolute Gasteiger partial charge is 0.465 e. The standard InChI is InChI=1S/C7H12O4/c1-10-6-3-7(9)11-5-2-4-8/h4H,2-3,5-6H2,1H3. The molecule has 0 spiro atoms. The molecule has 0 aromatic carbocycles. The van der Waals surface area contributed by atoms with Crippen molar-refractivity contribution in [1.29, 1.82) is 0 Å². The molecule has 0 atom stereocenters. The van der Waals surface area contributed by atoms with Crippen molar-refractivity contribution in [3.8, 4) is 0 Å². The Morgan fingerprint density at radius 1 is 1.45 bits per heavy atom. The van der Waals surface area contributed by atoms with E-state index in [2.05, 4.69) is 9.47 Å². The van der Waals surface area contributed by atoms with Crippen molar-refractivity contribution in [2.45, 2.75) is 12.8 Å². The lowest BCUT2D eigenvalue weighted by atomic mass is 10.4. The number of carbonyl (C=O) groups excluding carboxylic acids is 2. The van der Waals surface area contributed by atoms with Gasteiger partial charge in [-0.2, -0.15) is 0 Å². The predicted molar refractivity (Wildman–Crippen MR) is 38.1 cm³/mol. The monoisotopic (exact) mass is 160 g/mol. The summed E-state index contributed by atoms with van der Waals surface area (Å²) in [5.41, 5.74) is 0. The van der Waals surface area contributed by atoms with Gasteiger partial charge in [-0.25, -0.2) is 0 Å². The molecule has 0 bridgehead atoms. The third-order valence-corrected chi connectivity index (χ3v) is 1.01. The van der Waals surface area contributed by atoms with E-state index in [-0.39, 0.29) is 25.4 Å². The van der Waals surface area contributed by atoms with Gasteiger partial charge < -0.3 is 14.3 Å². The Labute approximate surface area is 65.5 Å². The first kappa shape index (κ1) is 10.1. The van der Waals surface area contributed by atoms with Gasteiger partial charge in [0.2, 0.25) is 0 Å². The highest BCUT2D eigenvalue weighted by Crippen LogP contribution is 1.87. The zero-order chi connectivity index (χ0) is 8.53. The Bertz CT molecular complexity index is 122. The highest BCUT2D eigenvalue weighted by Gasteiger charge is 2.00. The average molecular weight is 160 g/mol. The summed E-state index contributed by atoms with van der Waals surface area (Å²) in [7, 11) is 1.51. The highest BCUT2D eigenvalue weighted by atomic mass is 16.5. The maximum absolute atomic E-state index is 10.7. The van der Waals surface area contributed by atoms with E-state index in [9.17, 15) is 9.59 Å². The fourth-order valence-electron chi connectivity index (χ4n) is 0.478. The van der Waals surface area contributed by atoms with Crippen LogP contribution in [0.15, 0.2) is 0 Å². The zero-order valence-electron chi connectivity index (χ0n) is 6.54. The Balaban J connectivity index is 3.15. The van der Waals surface area contributed by atoms with E-state index in [1.807, 2.05) is 0 Å². The molecule has 0 fully saturated rings. The van der Waals surface area contributed by atoms with Crippen LogP contribution < -0.4 is 0 Å². The second-order valence-electron chi connectivity index (χ2n) is 1.92. The normalized spacial score (nSPS) is 9.18. The van der Waals surface area contributed by atoms with Crippen LogP contribution in [0.1, 0.15) is 12.8 Å². The van der Waals surface area contributed by atoms with E-state index in [1.165, 1.54) is 7.11 Å². The molecule has 4 nitrogen and oxygen atoms in total. The first-order chi connectivity index (χ1) is 5.31. The van der Waals surface area contributed by atoms with E-state index in [0.29, 0.717) is 12.9 Å².